The van der Waals surface area contributed by atoms with Crippen LogP contribution < -0.4 is 11.1 Å². The van der Waals surface area contributed by atoms with Crippen molar-refractivity contribution in [2.75, 3.05) is 19.6 Å². The highest BCUT2D eigenvalue weighted by Gasteiger charge is 2.24. The first-order valence-electron chi connectivity index (χ1n) is 5.78. The van der Waals surface area contributed by atoms with Crippen molar-refractivity contribution >= 4 is 0 Å². The van der Waals surface area contributed by atoms with E-state index in [9.17, 15) is 0 Å². The minimum Gasteiger partial charge on any atom is -0.330 e. The average Bonchev–Trinajstić information content (AvgIpc) is 2.75. The largest absolute Gasteiger partial charge is 0.330 e. The maximum Gasteiger partial charge on any atom is 0.000203 e. The Balaban J connectivity index is 2.14. The molecule has 0 aromatic heterocycles. The van der Waals surface area contributed by atoms with Gasteiger partial charge >= 0.3 is 0 Å². The predicted molar refractivity (Wildman–Crippen MR) is 64.0 cm³/mol. The molecule has 1 aliphatic rings. The summed E-state index contributed by atoms with van der Waals surface area (Å²) in [5.41, 5.74) is 8.61. The lowest BCUT2D eigenvalue weighted by Crippen LogP contribution is -2.23. The quantitative estimate of drug-likeness (QED) is 0.785. The number of nitrogens with one attached hydrogen (secondary N) is 1. The molecule has 0 amide bonds. The summed E-state index contributed by atoms with van der Waals surface area (Å²) in [5.74, 6) is 1.25. The molecule has 3 N–H and O–H groups in total. The molecule has 2 nitrogen and oxygen atoms in total. The van der Waals surface area contributed by atoms with E-state index in [1.807, 2.05) is 0 Å². The Morgan fingerprint density at radius 3 is 2.67 bits per heavy atom. The second kappa shape index (κ2) is 4.77. The standard InChI is InChI=1S/C13H20N2/c1-10-2-4-11(5-3-10)13(8-14)12-6-7-15-9-12/h2-5,12-13,15H,6-9,14H2,1H3. The fourth-order valence-corrected chi connectivity index (χ4v) is 2.43. The summed E-state index contributed by atoms with van der Waals surface area (Å²) in [6.45, 7) is 5.15. The lowest BCUT2D eigenvalue weighted by atomic mass is 9.85. The molecule has 0 radical (unpaired) electrons. The van der Waals surface area contributed by atoms with Crippen LogP contribution in [0.15, 0.2) is 24.3 Å². The van der Waals surface area contributed by atoms with E-state index >= 15 is 0 Å². The van der Waals surface area contributed by atoms with Gasteiger partial charge in [0.15, 0.2) is 0 Å². The Morgan fingerprint density at radius 2 is 2.13 bits per heavy atom. The Kier molecular flexibility index (Phi) is 3.39. The van der Waals surface area contributed by atoms with E-state index in [2.05, 4.69) is 36.5 Å². The highest BCUT2D eigenvalue weighted by atomic mass is 14.9. The molecular formula is C13H20N2. The Hall–Kier alpha value is -0.860. The molecular weight excluding hydrogens is 184 g/mol. The second-order valence-corrected chi connectivity index (χ2v) is 4.51. The molecule has 15 heavy (non-hydrogen) atoms. The molecule has 1 heterocycles. The number of hydrogen-bond donors (Lipinski definition) is 2. The summed E-state index contributed by atoms with van der Waals surface area (Å²) < 4.78 is 0. The first-order valence-corrected chi connectivity index (χ1v) is 5.78. The zero-order chi connectivity index (χ0) is 10.7. The van der Waals surface area contributed by atoms with Gasteiger partial charge in [0.1, 0.15) is 0 Å². The van der Waals surface area contributed by atoms with Crippen LogP contribution >= 0.6 is 0 Å². The van der Waals surface area contributed by atoms with Crippen molar-refractivity contribution in [1.82, 2.24) is 5.32 Å². The molecule has 2 atom stereocenters. The fourth-order valence-electron chi connectivity index (χ4n) is 2.43. The van der Waals surface area contributed by atoms with Crippen LogP contribution in [0.2, 0.25) is 0 Å². The van der Waals surface area contributed by atoms with Crippen LogP contribution in [0.4, 0.5) is 0 Å². The first kappa shape index (κ1) is 10.7. The zero-order valence-corrected chi connectivity index (χ0v) is 9.37. The Morgan fingerprint density at radius 1 is 1.40 bits per heavy atom. The molecule has 0 bridgehead atoms. The molecule has 1 saturated heterocycles. The van der Waals surface area contributed by atoms with Crippen molar-refractivity contribution in [2.24, 2.45) is 11.7 Å². The molecule has 0 aliphatic carbocycles. The van der Waals surface area contributed by atoms with E-state index < -0.39 is 0 Å². The highest BCUT2D eigenvalue weighted by Crippen LogP contribution is 2.28. The predicted octanol–water partition coefficient (Wildman–Crippen LogP) is 1.65. The summed E-state index contributed by atoms with van der Waals surface area (Å²) >= 11 is 0. The van der Waals surface area contributed by atoms with Crippen molar-refractivity contribution in [3.63, 3.8) is 0 Å². The monoisotopic (exact) mass is 204 g/mol. The third kappa shape index (κ3) is 2.39. The lowest BCUT2D eigenvalue weighted by molar-refractivity contribution is 0.464. The summed E-state index contributed by atoms with van der Waals surface area (Å²) in [6, 6.07) is 8.82. The van der Waals surface area contributed by atoms with Crippen LogP contribution in [0.1, 0.15) is 23.5 Å². The van der Waals surface area contributed by atoms with E-state index in [0.717, 1.165) is 25.6 Å². The summed E-state index contributed by atoms with van der Waals surface area (Å²) in [5, 5.41) is 3.41. The molecule has 1 fully saturated rings. The zero-order valence-electron chi connectivity index (χ0n) is 9.37. The summed E-state index contributed by atoms with van der Waals surface area (Å²) in [6.07, 6.45) is 1.26. The Labute approximate surface area is 91.9 Å². The number of hydrogen-bond acceptors (Lipinski definition) is 2. The molecule has 1 aromatic carbocycles. The smallest absolute Gasteiger partial charge is 0.000203 e. The van der Waals surface area contributed by atoms with E-state index in [1.54, 1.807) is 0 Å². The van der Waals surface area contributed by atoms with Gasteiger partial charge in [0.25, 0.3) is 0 Å². The number of aryl methyl sites for hydroxylation is 1. The van der Waals surface area contributed by atoms with Crippen LogP contribution in [0, 0.1) is 12.8 Å². The maximum atomic E-state index is 5.89. The van der Waals surface area contributed by atoms with Crippen molar-refractivity contribution in [2.45, 2.75) is 19.3 Å². The first-order chi connectivity index (χ1) is 7.31. The number of nitrogens with two attached hydrogens (primary N) is 1. The molecule has 2 rings (SSSR count). The van der Waals surface area contributed by atoms with Gasteiger partial charge in [-0.2, -0.15) is 0 Å². The molecule has 0 spiro atoms. The van der Waals surface area contributed by atoms with Crippen LogP contribution in [-0.4, -0.2) is 19.6 Å². The van der Waals surface area contributed by atoms with Crippen LogP contribution in [-0.2, 0) is 0 Å². The van der Waals surface area contributed by atoms with E-state index in [0.29, 0.717) is 5.92 Å². The SMILES string of the molecule is Cc1ccc(C(CN)C2CCNC2)cc1. The van der Waals surface area contributed by atoms with Gasteiger partial charge in [0.2, 0.25) is 0 Å². The van der Waals surface area contributed by atoms with Gasteiger partial charge < -0.3 is 11.1 Å². The Bertz CT molecular complexity index is 299. The molecule has 2 heteroatoms. The van der Waals surface area contributed by atoms with Crippen molar-refractivity contribution in [3.05, 3.63) is 35.4 Å². The number of benzene rings is 1. The van der Waals surface area contributed by atoms with Gasteiger partial charge in [-0.3, -0.25) is 0 Å². The summed E-state index contributed by atoms with van der Waals surface area (Å²) in [4.78, 5) is 0. The third-order valence-corrected chi connectivity index (χ3v) is 3.43. The van der Waals surface area contributed by atoms with Gasteiger partial charge in [0.05, 0.1) is 0 Å². The fraction of sp³-hybridized carbons (Fsp3) is 0.538. The van der Waals surface area contributed by atoms with Gasteiger partial charge in [-0.25, -0.2) is 0 Å². The second-order valence-electron chi connectivity index (χ2n) is 4.51. The molecule has 2 unspecified atom stereocenters. The van der Waals surface area contributed by atoms with E-state index in [4.69, 9.17) is 5.73 Å². The van der Waals surface area contributed by atoms with Crippen LogP contribution in [0.3, 0.4) is 0 Å². The molecule has 1 aliphatic heterocycles. The minimum atomic E-state index is 0.528. The van der Waals surface area contributed by atoms with E-state index in [-0.39, 0.29) is 0 Å². The van der Waals surface area contributed by atoms with Gasteiger partial charge in [-0.1, -0.05) is 29.8 Å². The number of rotatable bonds is 3. The molecule has 82 valence electrons. The maximum absolute atomic E-state index is 5.89. The summed E-state index contributed by atoms with van der Waals surface area (Å²) in [7, 11) is 0. The van der Waals surface area contributed by atoms with Crippen LogP contribution in [0.25, 0.3) is 0 Å². The van der Waals surface area contributed by atoms with Gasteiger partial charge in [0, 0.05) is 5.92 Å². The minimum absolute atomic E-state index is 0.528. The van der Waals surface area contributed by atoms with Crippen molar-refractivity contribution < 1.29 is 0 Å². The van der Waals surface area contributed by atoms with Gasteiger partial charge in [-0.05, 0) is 44.5 Å². The highest BCUT2D eigenvalue weighted by molar-refractivity contribution is 5.25. The van der Waals surface area contributed by atoms with Crippen LogP contribution in [0.5, 0.6) is 0 Å². The van der Waals surface area contributed by atoms with Crippen molar-refractivity contribution in [3.8, 4) is 0 Å². The third-order valence-electron chi connectivity index (χ3n) is 3.43. The lowest BCUT2D eigenvalue weighted by Gasteiger charge is -2.21. The molecule has 0 saturated carbocycles. The normalized spacial score (nSPS) is 22.9. The topological polar surface area (TPSA) is 38.0 Å². The van der Waals surface area contributed by atoms with E-state index in [1.165, 1.54) is 17.5 Å². The average molecular weight is 204 g/mol. The molecule has 1 aromatic rings. The van der Waals surface area contributed by atoms with Crippen molar-refractivity contribution in [1.29, 1.82) is 0 Å². The van der Waals surface area contributed by atoms with Gasteiger partial charge in [-0.15, -0.1) is 0 Å².